The van der Waals surface area contributed by atoms with Gasteiger partial charge in [0.05, 0.1) is 6.10 Å². The Kier molecular flexibility index (Phi) is 10.4. The molecule has 274 valence electrons. The zero-order valence-corrected chi connectivity index (χ0v) is 32.5. The van der Waals surface area contributed by atoms with Gasteiger partial charge in [-0.1, -0.05) is 186 Å². The normalized spacial score (nSPS) is 14.6. The Labute approximate surface area is 323 Å². The lowest BCUT2D eigenvalue weighted by molar-refractivity contribution is 0.00436. The largest absolute Gasteiger partial charge is 0.378 e. The van der Waals surface area contributed by atoms with Crippen molar-refractivity contribution in [2.24, 2.45) is 5.92 Å². The van der Waals surface area contributed by atoms with Gasteiger partial charge in [-0.05, 0) is 87.2 Å². The van der Waals surface area contributed by atoms with E-state index in [0.717, 1.165) is 45.1 Å². The highest BCUT2D eigenvalue weighted by molar-refractivity contribution is 5.85. The van der Waals surface area contributed by atoms with Crippen LogP contribution in [0.25, 0.3) is 33.4 Å². The van der Waals surface area contributed by atoms with E-state index in [1.807, 2.05) is 0 Å². The lowest BCUT2D eigenvalue weighted by Crippen LogP contribution is -2.35. The monoisotopic (exact) mass is 710 g/mol. The Hall–Kier alpha value is -4.76. The fourth-order valence-electron chi connectivity index (χ4n) is 9.93. The molecule has 0 spiro atoms. The van der Waals surface area contributed by atoms with Crippen molar-refractivity contribution in [1.29, 1.82) is 0 Å². The van der Waals surface area contributed by atoms with Gasteiger partial charge in [-0.3, -0.25) is 0 Å². The molecule has 0 saturated heterocycles. The molecule has 54 heavy (non-hydrogen) atoms. The molecule has 0 atom stereocenters. The molecule has 2 aliphatic rings. The molecule has 0 radical (unpaired) electrons. The summed E-state index contributed by atoms with van der Waals surface area (Å²) in [5.41, 5.74) is 14.7. The quantitative estimate of drug-likeness (QED) is 0.0988. The molecule has 0 unspecified atom stereocenters. The molecule has 8 rings (SSSR count). The lowest BCUT2D eigenvalue weighted by atomic mass is 9.62. The smallest absolute Gasteiger partial charge is 0.144 e. The minimum absolute atomic E-state index is 0.175. The van der Waals surface area contributed by atoms with Crippen LogP contribution in [0.3, 0.4) is 0 Å². The van der Waals surface area contributed by atoms with Gasteiger partial charge in [0, 0.05) is 29.8 Å². The molecule has 0 aromatic heterocycles. The van der Waals surface area contributed by atoms with E-state index in [9.17, 15) is 0 Å². The zero-order valence-electron chi connectivity index (χ0n) is 32.5. The molecule has 2 heteroatoms. The number of ether oxygens (including phenoxy) is 2. The fourth-order valence-corrected chi connectivity index (χ4v) is 9.93. The Morgan fingerprint density at radius 2 is 0.833 bits per heavy atom. The highest BCUT2D eigenvalue weighted by Crippen LogP contribution is 2.58. The maximum absolute atomic E-state index is 7.16. The molecule has 2 aliphatic carbocycles. The third-order valence-electron chi connectivity index (χ3n) is 12.6. The van der Waals surface area contributed by atoms with E-state index in [0.29, 0.717) is 18.6 Å². The molecule has 0 fully saturated rings. The van der Waals surface area contributed by atoms with Gasteiger partial charge in [-0.15, -0.1) is 0 Å². The van der Waals surface area contributed by atoms with Crippen LogP contribution in [-0.2, 0) is 20.5 Å². The molecule has 6 aromatic rings. The second-order valence-corrected chi connectivity index (χ2v) is 15.2. The van der Waals surface area contributed by atoms with E-state index in [1.54, 1.807) is 0 Å². The van der Waals surface area contributed by atoms with Gasteiger partial charge in [0.15, 0.2) is 0 Å². The molecule has 0 heterocycles. The summed E-state index contributed by atoms with van der Waals surface area (Å²) in [7, 11) is 0. The van der Waals surface area contributed by atoms with Crippen LogP contribution in [0.4, 0.5) is 0 Å². The standard InChI is InChI=1S/C52H54O2/c1-5-39(6-2)51(47-23-13-9-19-43(47)44-20-10-14-24-48(44)51)40-31-27-37(28-32-40)38-29-33-41(34-30-38)52(54-36-18-17-35-53-42(7-3)8-4)49-25-15-11-21-45(49)46-22-12-16-26-50(46)52/h9-16,19-34,39,42H,5-8,17-18,35-36H2,1-4H3. The van der Waals surface area contributed by atoms with Crippen molar-refractivity contribution >= 4 is 0 Å². The molecule has 0 amide bonds. The number of hydrogen-bond acceptors (Lipinski definition) is 2. The Balaban J connectivity index is 1.13. The summed E-state index contributed by atoms with van der Waals surface area (Å²) >= 11 is 0. The molecular weight excluding hydrogens is 657 g/mol. The SMILES string of the molecule is CCC(CC)OCCCCOC1(c2ccc(-c3ccc(C4(C(CC)CC)c5ccccc5-c5ccccc54)cc3)cc2)c2ccccc2-c2ccccc21. The average Bonchev–Trinajstić information content (AvgIpc) is 3.70. The Bertz CT molecular complexity index is 2090. The van der Waals surface area contributed by atoms with E-state index >= 15 is 0 Å². The van der Waals surface area contributed by atoms with E-state index < -0.39 is 5.60 Å². The van der Waals surface area contributed by atoms with Gasteiger partial charge in [0.25, 0.3) is 0 Å². The van der Waals surface area contributed by atoms with Crippen LogP contribution in [0.1, 0.15) is 99.6 Å². The topological polar surface area (TPSA) is 18.5 Å². The van der Waals surface area contributed by atoms with E-state index in [4.69, 9.17) is 9.47 Å². The first-order chi connectivity index (χ1) is 26.6. The third-order valence-corrected chi connectivity index (χ3v) is 12.6. The predicted octanol–water partition coefficient (Wildman–Crippen LogP) is 13.4. The van der Waals surface area contributed by atoms with Crippen molar-refractivity contribution in [2.45, 2.75) is 83.3 Å². The van der Waals surface area contributed by atoms with E-state index in [1.165, 1.54) is 66.8 Å². The summed E-state index contributed by atoms with van der Waals surface area (Å²) in [5, 5.41) is 0. The van der Waals surface area contributed by atoms with Crippen LogP contribution in [0.2, 0.25) is 0 Å². The molecule has 0 N–H and O–H groups in total. The maximum atomic E-state index is 7.16. The average molecular weight is 711 g/mol. The van der Waals surface area contributed by atoms with Crippen LogP contribution in [0, 0.1) is 5.92 Å². The van der Waals surface area contributed by atoms with Gasteiger partial charge in [0.1, 0.15) is 5.60 Å². The number of hydrogen-bond donors (Lipinski definition) is 0. The highest BCUT2D eigenvalue weighted by atomic mass is 16.5. The van der Waals surface area contributed by atoms with Crippen molar-refractivity contribution in [3.63, 3.8) is 0 Å². The first-order valence-electron chi connectivity index (χ1n) is 20.5. The number of benzene rings is 6. The van der Waals surface area contributed by atoms with Crippen LogP contribution < -0.4 is 0 Å². The van der Waals surface area contributed by atoms with Crippen LogP contribution >= 0.6 is 0 Å². The van der Waals surface area contributed by atoms with Crippen molar-refractivity contribution in [2.75, 3.05) is 13.2 Å². The first kappa shape index (κ1) is 36.2. The highest BCUT2D eigenvalue weighted by Gasteiger charge is 2.49. The number of unbranched alkanes of at least 4 members (excludes halogenated alkanes) is 1. The van der Waals surface area contributed by atoms with Crippen molar-refractivity contribution in [3.05, 3.63) is 179 Å². The second-order valence-electron chi connectivity index (χ2n) is 15.2. The fraction of sp³-hybridized carbons (Fsp3) is 0.308. The predicted molar refractivity (Wildman–Crippen MR) is 225 cm³/mol. The van der Waals surface area contributed by atoms with E-state index in [-0.39, 0.29) is 5.41 Å². The summed E-state index contributed by atoms with van der Waals surface area (Å²) in [5.74, 6) is 0.484. The zero-order chi connectivity index (χ0) is 37.1. The van der Waals surface area contributed by atoms with Gasteiger partial charge in [-0.2, -0.15) is 0 Å². The van der Waals surface area contributed by atoms with Crippen molar-refractivity contribution < 1.29 is 9.47 Å². The molecule has 0 saturated carbocycles. The molecule has 2 nitrogen and oxygen atoms in total. The number of fused-ring (bicyclic) bond motifs is 6. The minimum Gasteiger partial charge on any atom is -0.378 e. The van der Waals surface area contributed by atoms with Crippen molar-refractivity contribution in [1.82, 2.24) is 0 Å². The third kappa shape index (κ3) is 5.86. The Morgan fingerprint density at radius 1 is 0.426 bits per heavy atom. The lowest BCUT2D eigenvalue weighted by Gasteiger charge is -2.40. The minimum atomic E-state index is -0.670. The summed E-state index contributed by atoms with van der Waals surface area (Å²) < 4.78 is 13.3. The molecule has 6 aromatic carbocycles. The summed E-state index contributed by atoms with van der Waals surface area (Å²) in [6.07, 6.45) is 6.64. The Morgan fingerprint density at radius 3 is 1.30 bits per heavy atom. The van der Waals surface area contributed by atoms with Crippen LogP contribution in [0.15, 0.2) is 146 Å². The molecular formula is C52H54O2. The van der Waals surface area contributed by atoms with Gasteiger partial charge in [-0.25, -0.2) is 0 Å². The molecule has 0 aliphatic heterocycles. The van der Waals surface area contributed by atoms with Crippen molar-refractivity contribution in [3.8, 4) is 33.4 Å². The summed E-state index contributed by atoms with van der Waals surface area (Å²) in [6, 6.07) is 54.5. The van der Waals surface area contributed by atoms with Crippen LogP contribution in [0.5, 0.6) is 0 Å². The second kappa shape index (κ2) is 15.5. The first-order valence-corrected chi connectivity index (χ1v) is 20.5. The summed E-state index contributed by atoms with van der Waals surface area (Å²) in [4.78, 5) is 0. The summed E-state index contributed by atoms with van der Waals surface area (Å²) in [6.45, 7) is 10.6. The number of rotatable bonds is 15. The maximum Gasteiger partial charge on any atom is 0.144 e. The van der Waals surface area contributed by atoms with Gasteiger partial charge < -0.3 is 9.47 Å². The van der Waals surface area contributed by atoms with Crippen LogP contribution in [-0.4, -0.2) is 19.3 Å². The van der Waals surface area contributed by atoms with Gasteiger partial charge in [0.2, 0.25) is 0 Å². The molecule has 0 bridgehead atoms. The van der Waals surface area contributed by atoms with E-state index in [2.05, 4.69) is 173 Å². The van der Waals surface area contributed by atoms with Gasteiger partial charge >= 0.3 is 0 Å².